The number of likely N-dealkylation sites (tertiary alicyclic amines) is 1. The lowest BCUT2D eigenvalue weighted by Crippen LogP contribution is -2.52. The first kappa shape index (κ1) is 16.9. The van der Waals surface area contributed by atoms with E-state index in [0.29, 0.717) is 6.04 Å². The highest BCUT2D eigenvalue weighted by molar-refractivity contribution is 4.85. The molecule has 3 heteroatoms. The summed E-state index contributed by atoms with van der Waals surface area (Å²) >= 11 is 0. The average Bonchev–Trinajstić information content (AvgIpc) is 2.37. The lowest BCUT2D eigenvalue weighted by Gasteiger charge is -2.44. The molecule has 1 aliphatic heterocycles. The van der Waals surface area contributed by atoms with E-state index in [4.69, 9.17) is 4.74 Å². The summed E-state index contributed by atoms with van der Waals surface area (Å²) in [4.78, 5) is 2.69. The maximum absolute atomic E-state index is 5.35. The van der Waals surface area contributed by atoms with Crippen molar-refractivity contribution in [1.29, 1.82) is 0 Å². The molecule has 0 aliphatic carbocycles. The van der Waals surface area contributed by atoms with Crippen molar-refractivity contribution in [3.05, 3.63) is 0 Å². The van der Waals surface area contributed by atoms with Gasteiger partial charge in [-0.1, -0.05) is 13.8 Å². The number of nitrogens with zero attached hydrogens (tertiary/aromatic N) is 1. The average molecular weight is 270 g/mol. The number of nitrogens with one attached hydrogen (secondary N) is 1. The monoisotopic (exact) mass is 270 g/mol. The third kappa shape index (κ3) is 5.80. The second-order valence-electron chi connectivity index (χ2n) is 6.36. The fourth-order valence-corrected chi connectivity index (χ4v) is 3.21. The topological polar surface area (TPSA) is 24.5 Å². The minimum absolute atomic E-state index is 0.632. The molecule has 0 aromatic rings. The van der Waals surface area contributed by atoms with Crippen LogP contribution in [0.3, 0.4) is 0 Å². The van der Waals surface area contributed by atoms with Crippen molar-refractivity contribution < 1.29 is 4.74 Å². The van der Waals surface area contributed by atoms with Crippen molar-refractivity contribution in [2.24, 2.45) is 11.8 Å². The summed E-state index contributed by atoms with van der Waals surface area (Å²) in [7, 11) is 0. The van der Waals surface area contributed by atoms with Crippen LogP contribution in [0.5, 0.6) is 0 Å². The standard InChI is InChI=1S/C16H34N2O/c1-6-19-9-7-8-17-11-15(4)18-12-13(2)10-14(3)16(18)5/h13-17H,6-12H2,1-5H3. The highest BCUT2D eigenvalue weighted by Gasteiger charge is 2.31. The van der Waals surface area contributed by atoms with E-state index < -0.39 is 0 Å². The van der Waals surface area contributed by atoms with Crippen molar-refractivity contribution in [3.63, 3.8) is 0 Å². The Morgan fingerprint density at radius 3 is 2.74 bits per heavy atom. The Kier molecular flexibility index (Phi) is 7.96. The zero-order valence-electron chi connectivity index (χ0n) is 13.6. The van der Waals surface area contributed by atoms with Gasteiger partial charge in [0.05, 0.1) is 0 Å². The molecule has 0 radical (unpaired) electrons. The molecule has 1 saturated heterocycles. The lowest BCUT2D eigenvalue weighted by molar-refractivity contribution is 0.0463. The molecular weight excluding hydrogens is 236 g/mol. The van der Waals surface area contributed by atoms with E-state index in [0.717, 1.165) is 50.6 Å². The molecule has 19 heavy (non-hydrogen) atoms. The Morgan fingerprint density at radius 1 is 1.32 bits per heavy atom. The van der Waals surface area contributed by atoms with E-state index in [1.165, 1.54) is 13.0 Å². The molecule has 1 heterocycles. The summed E-state index contributed by atoms with van der Waals surface area (Å²) in [5.74, 6) is 1.66. The molecule has 0 aromatic carbocycles. The first-order chi connectivity index (χ1) is 9.06. The van der Waals surface area contributed by atoms with Crippen LogP contribution in [0, 0.1) is 11.8 Å². The molecule has 1 aliphatic rings. The quantitative estimate of drug-likeness (QED) is 0.686. The van der Waals surface area contributed by atoms with Crippen molar-refractivity contribution in [2.75, 3.05) is 32.8 Å². The van der Waals surface area contributed by atoms with E-state index in [2.05, 4.69) is 44.8 Å². The number of piperidine rings is 1. The second-order valence-corrected chi connectivity index (χ2v) is 6.36. The molecule has 0 bridgehead atoms. The van der Waals surface area contributed by atoms with Crippen LogP contribution in [0.15, 0.2) is 0 Å². The number of ether oxygens (including phenoxy) is 1. The number of hydrogen-bond acceptors (Lipinski definition) is 3. The van der Waals surface area contributed by atoms with Crippen molar-refractivity contribution in [2.45, 2.75) is 59.5 Å². The van der Waals surface area contributed by atoms with Gasteiger partial charge in [-0.15, -0.1) is 0 Å². The zero-order chi connectivity index (χ0) is 14.3. The van der Waals surface area contributed by atoms with Gasteiger partial charge in [-0.2, -0.15) is 0 Å². The van der Waals surface area contributed by atoms with Crippen LogP contribution in [0.4, 0.5) is 0 Å². The van der Waals surface area contributed by atoms with Gasteiger partial charge < -0.3 is 10.1 Å². The highest BCUT2D eigenvalue weighted by atomic mass is 16.5. The van der Waals surface area contributed by atoms with Gasteiger partial charge >= 0.3 is 0 Å². The predicted octanol–water partition coefficient (Wildman–Crippen LogP) is 2.76. The first-order valence-electron chi connectivity index (χ1n) is 8.10. The normalized spacial score (nSPS) is 30.5. The SMILES string of the molecule is CCOCCCNCC(C)N1CC(C)CC(C)C1C. The van der Waals surface area contributed by atoms with E-state index in [9.17, 15) is 0 Å². The van der Waals surface area contributed by atoms with E-state index in [-0.39, 0.29) is 0 Å². The minimum Gasteiger partial charge on any atom is -0.382 e. The highest BCUT2D eigenvalue weighted by Crippen LogP contribution is 2.28. The maximum Gasteiger partial charge on any atom is 0.0477 e. The Labute approximate surface area is 120 Å². The Bertz CT molecular complexity index is 235. The van der Waals surface area contributed by atoms with E-state index in [1.807, 2.05) is 0 Å². The van der Waals surface area contributed by atoms with Gasteiger partial charge in [0.15, 0.2) is 0 Å². The molecule has 0 aromatic heterocycles. The van der Waals surface area contributed by atoms with Gasteiger partial charge in [-0.3, -0.25) is 4.90 Å². The van der Waals surface area contributed by atoms with E-state index >= 15 is 0 Å². The first-order valence-corrected chi connectivity index (χ1v) is 8.10. The van der Waals surface area contributed by atoms with Gasteiger partial charge in [0.1, 0.15) is 0 Å². The molecule has 0 amide bonds. The van der Waals surface area contributed by atoms with Crippen LogP contribution in [0.25, 0.3) is 0 Å². The Balaban J connectivity index is 2.22. The lowest BCUT2D eigenvalue weighted by atomic mass is 9.85. The maximum atomic E-state index is 5.35. The largest absolute Gasteiger partial charge is 0.382 e. The number of rotatable bonds is 8. The summed E-state index contributed by atoms with van der Waals surface area (Å²) < 4.78 is 5.35. The summed E-state index contributed by atoms with van der Waals surface area (Å²) in [6.45, 7) is 16.7. The number of hydrogen-bond donors (Lipinski definition) is 1. The van der Waals surface area contributed by atoms with Crippen LogP contribution in [-0.4, -0.2) is 49.8 Å². The second kappa shape index (κ2) is 8.93. The van der Waals surface area contributed by atoms with Crippen molar-refractivity contribution in [1.82, 2.24) is 10.2 Å². The van der Waals surface area contributed by atoms with Crippen LogP contribution < -0.4 is 5.32 Å². The van der Waals surface area contributed by atoms with Crippen LogP contribution in [0.1, 0.15) is 47.5 Å². The fourth-order valence-electron chi connectivity index (χ4n) is 3.21. The molecular formula is C16H34N2O. The predicted molar refractivity (Wildman–Crippen MR) is 82.6 cm³/mol. The Morgan fingerprint density at radius 2 is 2.05 bits per heavy atom. The molecule has 3 nitrogen and oxygen atoms in total. The summed E-state index contributed by atoms with van der Waals surface area (Å²) in [6.07, 6.45) is 2.50. The molecule has 4 atom stereocenters. The molecule has 114 valence electrons. The van der Waals surface area contributed by atoms with Crippen LogP contribution in [-0.2, 0) is 4.74 Å². The van der Waals surface area contributed by atoms with Crippen LogP contribution in [0.2, 0.25) is 0 Å². The van der Waals surface area contributed by atoms with Gasteiger partial charge in [-0.25, -0.2) is 0 Å². The smallest absolute Gasteiger partial charge is 0.0477 e. The van der Waals surface area contributed by atoms with Crippen molar-refractivity contribution >= 4 is 0 Å². The third-order valence-corrected chi connectivity index (χ3v) is 4.50. The molecule has 0 spiro atoms. The van der Waals surface area contributed by atoms with Gasteiger partial charge in [0, 0.05) is 38.4 Å². The van der Waals surface area contributed by atoms with Gasteiger partial charge in [0.2, 0.25) is 0 Å². The zero-order valence-corrected chi connectivity index (χ0v) is 13.6. The molecule has 1 fully saturated rings. The molecule has 0 saturated carbocycles. The fraction of sp³-hybridized carbons (Fsp3) is 1.00. The summed E-state index contributed by atoms with van der Waals surface area (Å²) in [5.41, 5.74) is 0. The molecule has 1 rings (SSSR count). The molecule has 4 unspecified atom stereocenters. The molecule has 1 N–H and O–H groups in total. The van der Waals surface area contributed by atoms with Crippen molar-refractivity contribution in [3.8, 4) is 0 Å². The summed E-state index contributed by atoms with van der Waals surface area (Å²) in [6, 6.07) is 1.35. The van der Waals surface area contributed by atoms with Gasteiger partial charge in [0.25, 0.3) is 0 Å². The van der Waals surface area contributed by atoms with Crippen LogP contribution >= 0.6 is 0 Å². The summed E-state index contributed by atoms with van der Waals surface area (Å²) in [5, 5.41) is 3.57. The van der Waals surface area contributed by atoms with E-state index in [1.54, 1.807) is 0 Å². The third-order valence-electron chi connectivity index (χ3n) is 4.50. The van der Waals surface area contributed by atoms with Gasteiger partial charge in [-0.05, 0) is 52.0 Å². The Hall–Kier alpha value is -0.120. The minimum atomic E-state index is 0.632.